The van der Waals surface area contributed by atoms with Crippen molar-refractivity contribution in [2.24, 2.45) is 0 Å². The molecule has 0 saturated carbocycles. The zero-order valence-electron chi connectivity index (χ0n) is 10.3. The van der Waals surface area contributed by atoms with Crippen LogP contribution in [0.5, 0.6) is 0 Å². The summed E-state index contributed by atoms with van der Waals surface area (Å²) in [5.41, 5.74) is 1.10. The van der Waals surface area contributed by atoms with Crippen LogP contribution < -0.4 is 4.90 Å². The number of benzene rings is 1. The second-order valence-corrected chi connectivity index (χ2v) is 5.54. The van der Waals surface area contributed by atoms with Crippen molar-refractivity contribution in [3.63, 3.8) is 0 Å². The third kappa shape index (κ3) is 1.83. The molecule has 0 N–H and O–H groups in total. The largest absolute Gasteiger partial charge is 0.332 e. The van der Waals surface area contributed by atoms with E-state index in [-0.39, 0.29) is 23.8 Å². The van der Waals surface area contributed by atoms with Gasteiger partial charge < -0.3 is 4.90 Å². The summed E-state index contributed by atoms with van der Waals surface area (Å²) in [5, 5.41) is 0. The molecule has 98 valence electrons. The van der Waals surface area contributed by atoms with Gasteiger partial charge in [0.25, 0.3) is 5.91 Å². The molecule has 0 radical (unpaired) electrons. The molecule has 0 aromatic heterocycles. The molecule has 2 heterocycles. The van der Waals surface area contributed by atoms with Gasteiger partial charge in [-0.05, 0) is 31.2 Å². The third-order valence-electron chi connectivity index (χ3n) is 3.36. The summed E-state index contributed by atoms with van der Waals surface area (Å²) >= 11 is 1.59. The number of amides is 3. The number of thioether (sulfide) groups is 1. The monoisotopic (exact) mass is 276 g/mol. The second kappa shape index (κ2) is 4.38. The maximum absolute atomic E-state index is 12.2. The molecule has 19 heavy (non-hydrogen) atoms. The van der Waals surface area contributed by atoms with Gasteiger partial charge >= 0.3 is 6.03 Å². The van der Waals surface area contributed by atoms with Crippen LogP contribution >= 0.6 is 11.8 Å². The Morgan fingerprint density at radius 2 is 1.95 bits per heavy atom. The van der Waals surface area contributed by atoms with Crippen molar-refractivity contribution < 1.29 is 14.4 Å². The van der Waals surface area contributed by atoms with E-state index in [9.17, 15) is 14.4 Å². The van der Waals surface area contributed by atoms with E-state index in [1.54, 1.807) is 40.9 Å². The van der Waals surface area contributed by atoms with E-state index in [4.69, 9.17) is 0 Å². The van der Waals surface area contributed by atoms with Gasteiger partial charge in [-0.1, -0.05) is 0 Å². The minimum absolute atomic E-state index is 0.0392. The van der Waals surface area contributed by atoms with Crippen molar-refractivity contribution in [3.8, 4) is 0 Å². The summed E-state index contributed by atoms with van der Waals surface area (Å²) in [6.07, 6.45) is 0. The molecule has 3 amide bonds. The summed E-state index contributed by atoms with van der Waals surface area (Å²) < 4.78 is 0. The van der Waals surface area contributed by atoms with E-state index in [1.807, 2.05) is 0 Å². The van der Waals surface area contributed by atoms with E-state index in [1.165, 1.54) is 11.8 Å². The first-order chi connectivity index (χ1) is 9.09. The fourth-order valence-corrected chi connectivity index (χ4v) is 3.43. The molecule has 2 aliphatic rings. The molecule has 6 heteroatoms. The number of imide groups is 1. The minimum atomic E-state index is -0.329. The SMILES string of the molecule is CC(=O)c1ccc(N2C(=O)[C@@H]3CSCN3C2=O)cc1. The molecule has 3 rings (SSSR count). The number of hydrogen-bond acceptors (Lipinski definition) is 4. The highest BCUT2D eigenvalue weighted by atomic mass is 32.2. The summed E-state index contributed by atoms with van der Waals surface area (Å²) in [5.74, 6) is 1.01. The van der Waals surface area contributed by atoms with Crippen LogP contribution in [0.4, 0.5) is 10.5 Å². The van der Waals surface area contributed by atoms with Gasteiger partial charge in [-0.3, -0.25) is 9.59 Å². The second-order valence-electron chi connectivity index (χ2n) is 4.54. The molecular formula is C13H12N2O3S. The quantitative estimate of drug-likeness (QED) is 0.610. The van der Waals surface area contributed by atoms with E-state index < -0.39 is 0 Å². The Morgan fingerprint density at radius 3 is 2.53 bits per heavy atom. The van der Waals surface area contributed by atoms with Crippen molar-refractivity contribution in [1.29, 1.82) is 0 Å². The lowest BCUT2D eigenvalue weighted by Crippen LogP contribution is -2.32. The van der Waals surface area contributed by atoms with Crippen LogP contribution in [0.2, 0.25) is 0 Å². The number of fused-ring (bicyclic) bond motifs is 1. The molecule has 1 atom stereocenters. The lowest BCUT2D eigenvalue weighted by Gasteiger charge is -2.15. The lowest BCUT2D eigenvalue weighted by atomic mass is 10.1. The van der Waals surface area contributed by atoms with Crippen LogP contribution in [0.3, 0.4) is 0 Å². The Balaban J connectivity index is 1.92. The molecule has 1 aromatic rings. The van der Waals surface area contributed by atoms with Crippen LogP contribution in [-0.2, 0) is 4.79 Å². The molecular weight excluding hydrogens is 264 g/mol. The van der Waals surface area contributed by atoms with Gasteiger partial charge in [-0.15, -0.1) is 11.8 Å². The highest BCUT2D eigenvalue weighted by molar-refractivity contribution is 7.99. The molecule has 0 bridgehead atoms. The summed E-state index contributed by atoms with van der Waals surface area (Å²) in [4.78, 5) is 38.4. The number of carbonyl (C=O) groups is 3. The van der Waals surface area contributed by atoms with Crippen molar-refractivity contribution in [1.82, 2.24) is 4.90 Å². The number of nitrogens with zero attached hydrogens (tertiary/aromatic N) is 2. The van der Waals surface area contributed by atoms with E-state index in [0.29, 0.717) is 22.9 Å². The van der Waals surface area contributed by atoms with Gasteiger partial charge in [0.15, 0.2) is 5.78 Å². The molecule has 0 spiro atoms. The standard InChI is InChI=1S/C13H12N2O3S/c1-8(16)9-2-4-10(5-3-9)15-12(17)11-6-19-7-14(11)13(15)18/h2-5,11H,6-7H2,1H3/t11-/m0/s1. The van der Waals surface area contributed by atoms with Gasteiger partial charge in [-0.25, -0.2) is 9.69 Å². The number of anilines is 1. The predicted octanol–water partition coefficient (Wildman–Crippen LogP) is 1.73. The van der Waals surface area contributed by atoms with E-state index in [0.717, 1.165) is 0 Å². The number of hydrogen-bond donors (Lipinski definition) is 0. The number of Topliss-reactive ketones (excluding diaryl/α,β-unsaturated/α-hetero) is 1. The van der Waals surface area contributed by atoms with Gasteiger partial charge in [-0.2, -0.15) is 0 Å². The number of carbonyl (C=O) groups excluding carboxylic acids is 3. The van der Waals surface area contributed by atoms with E-state index in [2.05, 4.69) is 0 Å². The maximum atomic E-state index is 12.2. The fourth-order valence-electron chi connectivity index (χ4n) is 2.29. The predicted molar refractivity (Wildman–Crippen MR) is 72.3 cm³/mol. The third-order valence-corrected chi connectivity index (χ3v) is 4.37. The Morgan fingerprint density at radius 1 is 1.26 bits per heavy atom. The van der Waals surface area contributed by atoms with Crippen molar-refractivity contribution in [3.05, 3.63) is 29.8 Å². The van der Waals surface area contributed by atoms with Crippen molar-refractivity contribution >= 4 is 35.2 Å². The van der Waals surface area contributed by atoms with Crippen LogP contribution in [-0.4, -0.2) is 40.3 Å². The first-order valence-electron chi connectivity index (χ1n) is 5.93. The molecule has 1 aromatic carbocycles. The van der Waals surface area contributed by atoms with Gasteiger partial charge in [0.05, 0.1) is 11.6 Å². The molecule has 0 aliphatic carbocycles. The Hall–Kier alpha value is -1.82. The highest BCUT2D eigenvalue weighted by Gasteiger charge is 2.48. The fraction of sp³-hybridized carbons (Fsp3) is 0.308. The average Bonchev–Trinajstić information content (AvgIpc) is 2.95. The lowest BCUT2D eigenvalue weighted by molar-refractivity contribution is -0.118. The molecule has 2 aliphatic heterocycles. The first-order valence-corrected chi connectivity index (χ1v) is 7.08. The Bertz CT molecular complexity index is 548. The Kier molecular flexibility index (Phi) is 2.82. The Labute approximate surface area is 114 Å². The molecule has 2 saturated heterocycles. The van der Waals surface area contributed by atoms with Crippen LogP contribution in [0.1, 0.15) is 17.3 Å². The first kappa shape index (κ1) is 12.2. The summed E-state index contributed by atoms with van der Waals surface area (Å²) in [6.45, 7) is 1.48. The normalized spacial score (nSPS) is 22.1. The van der Waals surface area contributed by atoms with Gasteiger partial charge in [0.2, 0.25) is 0 Å². The average molecular weight is 276 g/mol. The highest BCUT2D eigenvalue weighted by Crippen LogP contribution is 2.32. The summed E-state index contributed by atoms with van der Waals surface area (Å²) in [7, 11) is 0. The van der Waals surface area contributed by atoms with Crippen LogP contribution in [0.15, 0.2) is 24.3 Å². The van der Waals surface area contributed by atoms with Crippen LogP contribution in [0.25, 0.3) is 0 Å². The maximum Gasteiger partial charge on any atom is 0.332 e. The molecule has 2 fully saturated rings. The topological polar surface area (TPSA) is 57.7 Å². The zero-order valence-corrected chi connectivity index (χ0v) is 11.1. The van der Waals surface area contributed by atoms with Gasteiger partial charge in [0.1, 0.15) is 6.04 Å². The molecule has 0 unspecified atom stereocenters. The minimum Gasteiger partial charge on any atom is -0.302 e. The van der Waals surface area contributed by atoms with E-state index >= 15 is 0 Å². The van der Waals surface area contributed by atoms with Crippen LogP contribution in [0, 0.1) is 0 Å². The van der Waals surface area contributed by atoms with Crippen molar-refractivity contribution in [2.75, 3.05) is 16.5 Å². The zero-order chi connectivity index (χ0) is 13.6. The number of urea groups is 1. The number of ketones is 1. The summed E-state index contributed by atoms with van der Waals surface area (Å²) in [6, 6.07) is 5.96. The smallest absolute Gasteiger partial charge is 0.302 e. The van der Waals surface area contributed by atoms with Gasteiger partial charge in [0, 0.05) is 11.3 Å². The van der Waals surface area contributed by atoms with Crippen molar-refractivity contribution in [2.45, 2.75) is 13.0 Å². The molecule has 5 nitrogen and oxygen atoms in total. The number of rotatable bonds is 2.